The van der Waals surface area contributed by atoms with Crippen LogP contribution in [0.25, 0.3) is 6.08 Å². The highest BCUT2D eigenvalue weighted by Gasteiger charge is 2.21. The highest BCUT2D eigenvalue weighted by atomic mass is 32.1. The molecule has 0 aromatic carbocycles. The van der Waals surface area contributed by atoms with E-state index in [4.69, 9.17) is 4.74 Å². The van der Waals surface area contributed by atoms with Gasteiger partial charge >= 0.3 is 0 Å². The molecule has 1 aromatic heterocycles. The molecular formula is C15H23N3O2S. The zero-order chi connectivity index (χ0) is 15.1. The van der Waals surface area contributed by atoms with Gasteiger partial charge in [0.2, 0.25) is 5.91 Å². The minimum absolute atomic E-state index is 0.0281. The summed E-state index contributed by atoms with van der Waals surface area (Å²) < 4.78 is 5.65. The number of nitrogens with zero attached hydrogens (tertiary/aromatic N) is 3. The fourth-order valence-corrected chi connectivity index (χ4v) is 2.73. The van der Waals surface area contributed by atoms with E-state index in [1.54, 1.807) is 17.7 Å². The molecule has 1 aromatic rings. The molecule has 0 unspecified atom stereocenters. The molecule has 0 spiro atoms. The average Bonchev–Trinajstić information content (AvgIpc) is 3.13. The first-order chi connectivity index (χ1) is 10.1. The van der Waals surface area contributed by atoms with Crippen molar-refractivity contribution >= 4 is 23.3 Å². The minimum atomic E-state index is 0.0281. The fraction of sp³-hybridized carbons (Fsp3) is 0.600. The van der Waals surface area contributed by atoms with Gasteiger partial charge in [0.1, 0.15) is 0 Å². The van der Waals surface area contributed by atoms with Gasteiger partial charge in [0, 0.05) is 37.7 Å². The first-order valence-corrected chi connectivity index (χ1v) is 8.21. The maximum atomic E-state index is 12.4. The molecule has 2 rings (SSSR count). The number of amides is 1. The second kappa shape index (κ2) is 8.26. The molecule has 0 radical (unpaired) electrons. The third-order valence-corrected chi connectivity index (χ3v) is 4.03. The third kappa shape index (κ3) is 5.57. The van der Waals surface area contributed by atoms with Crippen LogP contribution in [0.5, 0.6) is 0 Å². The Morgan fingerprint density at radius 2 is 2.38 bits per heavy atom. The number of ether oxygens (including phenoxy) is 1. The summed E-state index contributed by atoms with van der Waals surface area (Å²) in [6.45, 7) is 3.05. The number of carbonyl (C=O) groups is 1. The molecule has 2 heterocycles. The largest absolute Gasteiger partial charge is 0.376 e. The predicted octanol–water partition coefficient (Wildman–Crippen LogP) is 1.73. The molecule has 116 valence electrons. The maximum absolute atomic E-state index is 12.4. The van der Waals surface area contributed by atoms with Crippen molar-refractivity contribution in [2.45, 2.75) is 18.9 Å². The summed E-state index contributed by atoms with van der Waals surface area (Å²) in [5.74, 6) is 0.0281. The summed E-state index contributed by atoms with van der Waals surface area (Å²) in [5.41, 5.74) is 2.60. The van der Waals surface area contributed by atoms with E-state index >= 15 is 0 Å². The van der Waals surface area contributed by atoms with Gasteiger partial charge in [-0.25, -0.2) is 4.98 Å². The van der Waals surface area contributed by atoms with Crippen molar-refractivity contribution in [2.24, 2.45) is 0 Å². The number of rotatable bonds is 7. The lowest BCUT2D eigenvalue weighted by molar-refractivity contribution is -0.127. The van der Waals surface area contributed by atoms with Crippen LogP contribution in [0.4, 0.5) is 0 Å². The zero-order valence-corrected chi connectivity index (χ0v) is 13.5. The molecule has 0 saturated carbocycles. The van der Waals surface area contributed by atoms with E-state index < -0.39 is 0 Å². The van der Waals surface area contributed by atoms with Crippen LogP contribution in [0.2, 0.25) is 0 Å². The Kier molecular flexibility index (Phi) is 6.35. The molecular weight excluding hydrogens is 286 g/mol. The Morgan fingerprint density at radius 3 is 3.00 bits per heavy atom. The molecule has 6 heteroatoms. The quantitative estimate of drug-likeness (QED) is 0.720. The van der Waals surface area contributed by atoms with E-state index in [9.17, 15) is 4.79 Å². The van der Waals surface area contributed by atoms with Gasteiger partial charge in [0.15, 0.2) is 0 Å². The lowest BCUT2D eigenvalue weighted by atomic mass is 10.2. The second-order valence-electron chi connectivity index (χ2n) is 5.47. The van der Waals surface area contributed by atoms with Crippen LogP contribution >= 0.6 is 11.3 Å². The zero-order valence-electron chi connectivity index (χ0n) is 12.7. The van der Waals surface area contributed by atoms with Crippen LogP contribution in [0.15, 0.2) is 17.0 Å². The monoisotopic (exact) mass is 309 g/mol. The molecule has 0 bridgehead atoms. The Bertz CT molecular complexity index is 453. The molecule has 1 amide bonds. The highest BCUT2D eigenvalue weighted by molar-refractivity contribution is 7.07. The molecule has 21 heavy (non-hydrogen) atoms. The van der Waals surface area contributed by atoms with E-state index in [0.29, 0.717) is 13.1 Å². The summed E-state index contributed by atoms with van der Waals surface area (Å²) in [6, 6.07) is 0. The summed E-state index contributed by atoms with van der Waals surface area (Å²) in [6.07, 6.45) is 5.71. The first-order valence-electron chi connectivity index (χ1n) is 7.26. The molecule has 5 nitrogen and oxygen atoms in total. The molecule has 0 N–H and O–H groups in total. The summed E-state index contributed by atoms with van der Waals surface area (Å²) in [4.78, 5) is 20.5. The number of likely N-dealkylation sites (N-methyl/N-ethyl adjacent to an activating group) is 1. The number of carbonyl (C=O) groups excluding carboxylic acids is 1. The van der Waals surface area contributed by atoms with Crippen molar-refractivity contribution in [2.75, 3.05) is 40.3 Å². The Hall–Kier alpha value is -1.24. The SMILES string of the molecule is CN(C)CCN(C[C@@H]1CCCO1)C(=O)/C=C\c1cscn1. The average molecular weight is 309 g/mol. The number of hydrogen-bond donors (Lipinski definition) is 0. The standard InChI is InChI=1S/C15H23N3O2S/c1-17(2)7-8-18(10-14-4-3-9-20-14)15(19)6-5-13-11-21-12-16-13/h5-6,11-12,14H,3-4,7-10H2,1-2H3/b6-5-/t14-/m0/s1. The Balaban J connectivity index is 1.93. The third-order valence-electron chi connectivity index (χ3n) is 3.42. The molecule has 1 aliphatic rings. The van der Waals surface area contributed by atoms with Gasteiger partial charge in [0.05, 0.1) is 17.3 Å². The summed E-state index contributed by atoms with van der Waals surface area (Å²) in [7, 11) is 4.03. The number of hydrogen-bond acceptors (Lipinski definition) is 5. The highest BCUT2D eigenvalue weighted by Crippen LogP contribution is 2.14. The van der Waals surface area contributed by atoms with Crippen LogP contribution in [0, 0.1) is 0 Å². The van der Waals surface area contributed by atoms with Crippen LogP contribution < -0.4 is 0 Å². The topological polar surface area (TPSA) is 45.7 Å². The summed E-state index contributed by atoms with van der Waals surface area (Å²) >= 11 is 1.53. The van der Waals surface area contributed by atoms with Gasteiger partial charge in [-0.05, 0) is 33.0 Å². The van der Waals surface area contributed by atoms with Crippen molar-refractivity contribution in [3.63, 3.8) is 0 Å². The van der Waals surface area contributed by atoms with Crippen molar-refractivity contribution in [3.05, 3.63) is 22.7 Å². The van der Waals surface area contributed by atoms with E-state index in [1.165, 1.54) is 11.3 Å². The van der Waals surface area contributed by atoms with Crippen LogP contribution in [0.1, 0.15) is 18.5 Å². The minimum Gasteiger partial charge on any atom is -0.376 e. The van der Waals surface area contributed by atoms with E-state index in [1.807, 2.05) is 24.4 Å². The molecule has 1 aliphatic heterocycles. The fourth-order valence-electron chi connectivity index (χ4n) is 2.21. The summed E-state index contributed by atoms with van der Waals surface area (Å²) in [5, 5.41) is 1.92. The second-order valence-corrected chi connectivity index (χ2v) is 6.19. The van der Waals surface area contributed by atoms with Gasteiger partial charge < -0.3 is 14.5 Å². The van der Waals surface area contributed by atoms with Crippen molar-refractivity contribution in [1.82, 2.24) is 14.8 Å². The molecule has 1 fully saturated rings. The Morgan fingerprint density at radius 1 is 1.52 bits per heavy atom. The van der Waals surface area contributed by atoms with Crippen molar-refractivity contribution < 1.29 is 9.53 Å². The van der Waals surface area contributed by atoms with Crippen molar-refractivity contribution in [1.29, 1.82) is 0 Å². The van der Waals surface area contributed by atoms with Gasteiger partial charge in [-0.2, -0.15) is 0 Å². The van der Waals surface area contributed by atoms with E-state index in [2.05, 4.69) is 9.88 Å². The molecule has 1 atom stereocenters. The van der Waals surface area contributed by atoms with Gasteiger partial charge in [-0.15, -0.1) is 11.3 Å². The van der Waals surface area contributed by atoms with Gasteiger partial charge in [0.25, 0.3) is 0 Å². The number of thiazole rings is 1. The normalized spacial score (nSPS) is 18.7. The number of aromatic nitrogens is 1. The smallest absolute Gasteiger partial charge is 0.246 e. The van der Waals surface area contributed by atoms with Gasteiger partial charge in [-0.1, -0.05) is 0 Å². The van der Waals surface area contributed by atoms with Crippen LogP contribution in [-0.2, 0) is 9.53 Å². The van der Waals surface area contributed by atoms with Gasteiger partial charge in [-0.3, -0.25) is 4.79 Å². The van der Waals surface area contributed by atoms with Crippen LogP contribution in [0.3, 0.4) is 0 Å². The van der Waals surface area contributed by atoms with E-state index in [0.717, 1.165) is 31.7 Å². The van der Waals surface area contributed by atoms with Crippen molar-refractivity contribution in [3.8, 4) is 0 Å². The molecule has 1 saturated heterocycles. The van der Waals surface area contributed by atoms with E-state index in [-0.39, 0.29) is 12.0 Å². The lowest BCUT2D eigenvalue weighted by Gasteiger charge is -2.25. The maximum Gasteiger partial charge on any atom is 0.246 e. The Labute approximate surface area is 130 Å². The predicted molar refractivity (Wildman–Crippen MR) is 85.3 cm³/mol. The van der Waals surface area contributed by atoms with Crippen LogP contribution in [-0.4, -0.2) is 67.1 Å². The lowest BCUT2D eigenvalue weighted by Crippen LogP contribution is -2.40. The molecule has 0 aliphatic carbocycles. The first kappa shape index (κ1) is 16.1.